The Bertz CT molecular complexity index is 882. The average Bonchev–Trinajstić information content (AvgIpc) is 2.71. The molecule has 0 saturated carbocycles. The molecule has 0 radical (unpaired) electrons. The maximum atomic E-state index is 12.2. The van der Waals surface area contributed by atoms with Crippen molar-refractivity contribution in [2.24, 2.45) is 10.8 Å². The normalized spacial score (nSPS) is 10.4. The third-order valence-corrected chi connectivity index (χ3v) is 3.58. The van der Waals surface area contributed by atoms with Gasteiger partial charge in [-0.3, -0.25) is 9.59 Å². The quantitative estimate of drug-likeness (QED) is 0.495. The van der Waals surface area contributed by atoms with Crippen molar-refractivity contribution in [3.63, 3.8) is 0 Å². The molecule has 0 unspecified atom stereocenters. The summed E-state index contributed by atoms with van der Waals surface area (Å²) >= 11 is 0. The molecule has 0 bridgehead atoms. The van der Waals surface area contributed by atoms with Gasteiger partial charge in [0.15, 0.2) is 29.6 Å². The lowest BCUT2D eigenvalue weighted by atomic mass is 10.2. The van der Waals surface area contributed by atoms with Gasteiger partial charge in [-0.15, -0.1) is 0 Å². The SMILES string of the molecule is COc1ccc(C(=O)N/N=C\c2ccc(OCC(N)=O)c(OC)c2)cc1OC. The van der Waals surface area contributed by atoms with E-state index in [2.05, 4.69) is 10.5 Å². The van der Waals surface area contributed by atoms with Crippen molar-refractivity contribution in [1.29, 1.82) is 0 Å². The highest BCUT2D eigenvalue weighted by Gasteiger charge is 2.10. The molecule has 0 heterocycles. The van der Waals surface area contributed by atoms with Gasteiger partial charge in [-0.1, -0.05) is 0 Å². The maximum Gasteiger partial charge on any atom is 0.271 e. The average molecular weight is 387 g/mol. The van der Waals surface area contributed by atoms with Crippen molar-refractivity contribution >= 4 is 18.0 Å². The number of hydrazone groups is 1. The summed E-state index contributed by atoms with van der Waals surface area (Å²) in [4.78, 5) is 23.0. The van der Waals surface area contributed by atoms with Gasteiger partial charge in [0.1, 0.15) is 0 Å². The number of hydrogen-bond donors (Lipinski definition) is 2. The highest BCUT2D eigenvalue weighted by atomic mass is 16.5. The first kappa shape index (κ1) is 20.6. The van der Waals surface area contributed by atoms with Gasteiger partial charge in [-0.25, -0.2) is 5.43 Å². The van der Waals surface area contributed by atoms with Crippen LogP contribution in [0, 0.1) is 0 Å². The van der Waals surface area contributed by atoms with Gasteiger partial charge in [0.2, 0.25) is 0 Å². The first-order valence-corrected chi connectivity index (χ1v) is 8.13. The van der Waals surface area contributed by atoms with Crippen molar-refractivity contribution in [2.45, 2.75) is 0 Å². The minimum absolute atomic E-state index is 0.259. The number of nitrogens with two attached hydrogens (primary N) is 1. The van der Waals surface area contributed by atoms with E-state index in [1.165, 1.54) is 27.5 Å². The van der Waals surface area contributed by atoms with Crippen LogP contribution in [0.4, 0.5) is 0 Å². The number of ether oxygens (including phenoxy) is 4. The van der Waals surface area contributed by atoms with Crippen molar-refractivity contribution in [1.82, 2.24) is 5.43 Å². The minimum atomic E-state index is -0.592. The van der Waals surface area contributed by atoms with Gasteiger partial charge < -0.3 is 24.7 Å². The van der Waals surface area contributed by atoms with E-state index in [9.17, 15) is 9.59 Å². The second kappa shape index (κ2) is 9.81. The Morgan fingerprint density at radius 2 is 1.61 bits per heavy atom. The number of nitrogens with one attached hydrogen (secondary N) is 1. The van der Waals surface area contributed by atoms with E-state index in [0.717, 1.165) is 0 Å². The van der Waals surface area contributed by atoms with Crippen LogP contribution in [-0.2, 0) is 4.79 Å². The number of methoxy groups -OCH3 is 3. The fourth-order valence-corrected chi connectivity index (χ4v) is 2.24. The molecule has 3 N–H and O–H groups in total. The van der Waals surface area contributed by atoms with E-state index in [-0.39, 0.29) is 6.61 Å². The van der Waals surface area contributed by atoms with Crippen LogP contribution < -0.4 is 30.1 Å². The highest BCUT2D eigenvalue weighted by Crippen LogP contribution is 2.28. The Morgan fingerprint density at radius 3 is 2.25 bits per heavy atom. The molecule has 9 heteroatoms. The standard InChI is InChI=1S/C19H21N3O6/c1-25-14-7-5-13(9-17(14)27-3)19(24)22-21-10-12-4-6-15(16(8-12)26-2)28-11-18(20)23/h4-10H,11H2,1-3H3,(H2,20,23)(H,22,24)/b21-10-. The number of nitrogens with zero attached hydrogens (tertiary/aromatic N) is 1. The second-order valence-corrected chi connectivity index (χ2v) is 5.43. The Labute approximate surface area is 162 Å². The van der Waals surface area contributed by atoms with E-state index in [1.807, 2.05) is 0 Å². The molecule has 0 aromatic heterocycles. The number of carbonyl (C=O) groups excluding carboxylic acids is 2. The summed E-state index contributed by atoms with van der Waals surface area (Å²) in [7, 11) is 4.47. The van der Waals surface area contributed by atoms with Crippen LogP contribution >= 0.6 is 0 Å². The molecule has 28 heavy (non-hydrogen) atoms. The zero-order chi connectivity index (χ0) is 20.5. The van der Waals surface area contributed by atoms with E-state index in [1.54, 1.807) is 36.4 Å². The molecule has 148 valence electrons. The Hall–Kier alpha value is -3.75. The van der Waals surface area contributed by atoms with Crippen LogP contribution in [0.25, 0.3) is 0 Å². The Balaban J connectivity index is 2.05. The number of hydrogen-bond acceptors (Lipinski definition) is 7. The molecule has 0 fully saturated rings. The summed E-state index contributed by atoms with van der Waals surface area (Å²) in [6.07, 6.45) is 1.44. The lowest BCUT2D eigenvalue weighted by molar-refractivity contribution is -0.119. The molecule has 2 rings (SSSR count). The highest BCUT2D eigenvalue weighted by molar-refractivity contribution is 5.95. The van der Waals surface area contributed by atoms with Crippen molar-refractivity contribution in [2.75, 3.05) is 27.9 Å². The molecule has 2 amide bonds. The molecule has 9 nitrogen and oxygen atoms in total. The first-order valence-electron chi connectivity index (χ1n) is 8.13. The van der Waals surface area contributed by atoms with Gasteiger partial charge in [0, 0.05) is 5.56 Å². The number of primary amides is 1. The predicted octanol–water partition coefficient (Wildman–Crippen LogP) is 1.34. The lowest BCUT2D eigenvalue weighted by Crippen LogP contribution is -2.20. The second-order valence-electron chi connectivity index (χ2n) is 5.43. The maximum absolute atomic E-state index is 12.2. The summed E-state index contributed by atoms with van der Waals surface area (Å²) in [5.74, 6) is 0.726. The van der Waals surface area contributed by atoms with Crippen molar-refractivity contribution in [3.8, 4) is 23.0 Å². The third kappa shape index (κ3) is 5.37. The van der Waals surface area contributed by atoms with Gasteiger partial charge in [0.25, 0.3) is 11.8 Å². The van der Waals surface area contributed by atoms with Crippen LogP contribution in [0.15, 0.2) is 41.5 Å². The molecule has 0 saturated heterocycles. The zero-order valence-electron chi connectivity index (χ0n) is 15.7. The lowest BCUT2D eigenvalue weighted by Gasteiger charge is -2.10. The predicted molar refractivity (Wildman–Crippen MR) is 102 cm³/mol. The molecule has 2 aromatic rings. The summed E-state index contributed by atoms with van der Waals surface area (Å²) < 4.78 is 20.8. The fourth-order valence-electron chi connectivity index (χ4n) is 2.24. The topological polar surface area (TPSA) is 121 Å². The summed E-state index contributed by atoms with van der Waals surface area (Å²) in [6, 6.07) is 9.72. The van der Waals surface area contributed by atoms with Gasteiger partial charge in [0.05, 0.1) is 27.5 Å². The zero-order valence-corrected chi connectivity index (χ0v) is 15.7. The number of benzene rings is 2. The summed E-state index contributed by atoms with van der Waals surface area (Å²) in [5.41, 5.74) is 8.50. The summed E-state index contributed by atoms with van der Waals surface area (Å²) in [5, 5.41) is 3.93. The Morgan fingerprint density at radius 1 is 0.964 bits per heavy atom. The smallest absolute Gasteiger partial charge is 0.271 e. The molecule has 0 aliphatic carbocycles. The van der Waals surface area contributed by atoms with Crippen molar-refractivity contribution < 1.29 is 28.5 Å². The van der Waals surface area contributed by atoms with Crippen LogP contribution in [0.1, 0.15) is 15.9 Å². The largest absolute Gasteiger partial charge is 0.493 e. The van der Waals surface area contributed by atoms with Crippen LogP contribution in [0.3, 0.4) is 0 Å². The van der Waals surface area contributed by atoms with Gasteiger partial charge in [-0.05, 0) is 42.0 Å². The molecule has 0 aliphatic rings. The first-order chi connectivity index (χ1) is 13.5. The molecule has 0 spiro atoms. The van der Waals surface area contributed by atoms with Crippen LogP contribution in [-0.4, -0.2) is 46.0 Å². The van der Waals surface area contributed by atoms with Crippen molar-refractivity contribution in [3.05, 3.63) is 47.5 Å². The van der Waals surface area contributed by atoms with Gasteiger partial charge in [-0.2, -0.15) is 5.10 Å². The third-order valence-electron chi connectivity index (χ3n) is 3.58. The van der Waals surface area contributed by atoms with E-state index in [0.29, 0.717) is 34.1 Å². The molecular weight excluding hydrogens is 366 g/mol. The van der Waals surface area contributed by atoms with E-state index >= 15 is 0 Å². The van der Waals surface area contributed by atoms with Crippen LogP contribution in [0.5, 0.6) is 23.0 Å². The molecular formula is C19H21N3O6. The monoisotopic (exact) mass is 387 g/mol. The molecule has 2 aromatic carbocycles. The fraction of sp³-hybridized carbons (Fsp3) is 0.211. The van der Waals surface area contributed by atoms with E-state index < -0.39 is 11.8 Å². The molecule has 0 atom stereocenters. The van der Waals surface area contributed by atoms with Crippen LogP contribution in [0.2, 0.25) is 0 Å². The van der Waals surface area contributed by atoms with Gasteiger partial charge >= 0.3 is 0 Å². The number of rotatable bonds is 9. The number of amides is 2. The Kier molecular flexibility index (Phi) is 7.21. The minimum Gasteiger partial charge on any atom is -0.493 e. The van der Waals surface area contributed by atoms with E-state index in [4.69, 9.17) is 24.7 Å². The summed E-state index contributed by atoms with van der Waals surface area (Å²) in [6.45, 7) is -0.259. The number of carbonyl (C=O) groups is 2. The molecule has 0 aliphatic heterocycles.